The second kappa shape index (κ2) is 6.37. The van der Waals surface area contributed by atoms with E-state index < -0.39 is 18.2 Å². The van der Waals surface area contributed by atoms with Crippen LogP contribution >= 0.6 is 7.82 Å². The third kappa shape index (κ3) is 18.7. The van der Waals surface area contributed by atoms with Gasteiger partial charge in [0.2, 0.25) is 0 Å². The van der Waals surface area contributed by atoms with E-state index in [1.165, 1.54) is 0 Å². The Bertz CT molecular complexity index is 233. The summed E-state index contributed by atoms with van der Waals surface area (Å²) in [6.07, 6.45) is 0. The van der Waals surface area contributed by atoms with Crippen molar-refractivity contribution in [3.05, 3.63) is 0 Å². The Balaban J connectivity index is -0.0000000533. The molecule has 0 unspecified atom stereocenters. The van der Waals surface area contributed by atoms with Gasteiger partial charge in [-0.3, -0.25) is 4.55 Å². The Morgan fingerprint density at radius 2 is 1.64 bits per heavy atom. The van der Waals surface area contributed by atoms with Gasteiger partial charge < -0.3 is 12.6 Å². The van der Waals surface area contributed by atoms with Crippen LogP contribution in [0, 0.1) is 0 Å². The molecule has 0 aliphatic carbocycles. The standard InChI is InChI=1S/Ca.H3O7PS.Zn.2H/c;1-8(2,3)7-9(4,5)6;;;/h;(H2,1,2,3)(H,4,5,6);;;/q+2;;;2*-1. The molecular formula is H5CaO7PSZn. The molecule has 0 spiro atoms. The Morgan fingerprint density at radius 3 is 1.64 bits per heavy atom. The van der Waals surface area contributed by atoms with Crippen molar-refractivity contribution in [2.24, 2.45) is 0 Å². The first-order chi connectivity index (χ1) is 3.71. The fourth-order valence-electron chi connectivity index (χ4n) is 0.123. The molecule has 0 bridgehead atoms. The van der Waals surface area contributed by atoms with E-state index in [9.17, 15) is 13.0 Å². The molecular weight excluding hydrogens is 281 g/mol. The van der Waals surface area contributed by atoms with Gasteiger partial charge in [0.05, 0.1) is 0 Å². The Labute approximate surface area is 108 Å². The van der Waals surface area contributed by atoms with Gasteiger partial charge in [-0.1, -0.05) is 0 Å². The minimum Gasteiger partial charge on any atom is -1.00 e. The number of hydrogen-bond donors (Lipinski definition) is 3. The molecule has 11 heavy (non-hydrogen) atoms. The summed E-state index contributed by atoms with van der Waals surface area (Å²) in [5.74, 6) is 0. The molecule has 0 aliphatic heterocycles. The summed E-state index contributed by atoms with van der Waals surface area (Å²) < 4.78 is 39.0. The molecule has 0 fully saturated rings. The molecule has 0 aliphatic rings. The molecule has 0 saturated heterocycles. The molecule has 0 aromatic rings. The summed E-state index contributed by atoms with van der Waals surface area (Å²) >= 11 is 0. The Kier molecular flexibility index (Phi) is 10.8. The van der Waals surface area contributed by atoms with Crippen LogP contribution in [-0.4, -0.2) is 60.5 Å². The monoisotopic (exact) mass is 284 g/mol. The van der Waals surface area contributed by atoms with Crippen LogP contribution in [0.25, 0.3) is 0 Å². The third-order valence-electron chi connectivity index (χ3n) is 0.191. The molecule has 0 saturated carbocycles. The predicted octanol–water partition coefficient (Wildman–Crippen LogP) is -1.26. The van der Waals surface area contributed by atoms with Crippen molar-refractivity contribution in [2.45, 2.75) is 0 Å². The summed E-state index contributed by atoms with van der Waals surface area (Å²) in [6, 6.07) is 0. The second-order valence-electron chi connectivity index (χ2n) is 0.993. The summed E-state index contributed by atoms with van der Waals surface area (Å²) in [7, 11) is -10.2. The molecule has 0 radical (unpaired) electrons. The molecule has 0 aromatic heterocycles. The summed E-state index contributed by atoms with van der Waals surface area (Å²) in [5, 5.41) is 0. The van der Waals surface area contributed by atoms with Gasteiger partial charge in [0.15, 0.2) is 0 Å². The molecule has 0 rings (SSSR count). The van der Waals surface area contributed by atoms with Crippen molar-refractivity contribution >= 4 is 56.0 Å². The zero-order valence-corrected chi connectivity index (χ0v) is 12.1. The van der Waals surface area contributed by atoms with Gasteiger partial charge in [0.1, 0.15) is 0 Å². The maximum atomic E-state index is 9.58. The van der Waals surface area contributed by atoms with Crippen molar-refractivity contribution in [1.29, 1.82) is 0 Å². The van der Waals surface area contributed by atoms with Gasteiger partial charge >= 0.3 is 56.0 Å². The molecule has 62 valence electrons. The molecule has 7 nitrogen and oxygen atoms in total. The van der Waals surface area contributed by atoms with Crippen molar-refractivity contribution in [1.82, 2.24) is 0 Å². The van der Waals surface area contributed by atoms with Crippen LogP contribution in [-0.2, 0) is 38.4 Å². The number of phosphoric acid groups is 1. The average molecular weight is 286 g/mol. The molecule has 0 atom stereocenters. The van der Waals surface area contributed by atoms with Gasteiger partial charge in [-0.25, -0.2) is 4.57 Å². The summed E-state index contributed by atoms with van der Waals surface area (Å²) in [6.45, 7) is 0. The zero-order chi connectivity index (χ0) is 7.71. The zero-order valence-electron chi connectivity index (χ0n) is 7.24. The summed E-state index contributed by atoms with van der Waals surface area (Å²) in [5.41, 5.74) is 0. The first kappa shape index (κ1) is 18.6. The Morgan fingerprint density at radius 1 is 1.36 bits per heavy atom. The van der Waals surface area contributed by atoms with E-state index in [1.54, 1.807) is 0 Å². The van der Waals surface area contributed by atoms with Gasteiger partial charge in [-0.2, -0.15) is 8.42 Å². The van der Waals surface area contributed by atoms with E-state index >= 15 is 0 Å². The van der Waals surface area contributed by atoms with Crippen LogP contribution < -0.4 is 0 Å². The topological polar surface area (TPSA) is 121 Å². The quantitative estimate of drug-likeness (QED) is 0.329. The van der Waals surface area contributed by atoms with Crippen LogP contribution in [0.4, 0.5) is 0 Å². The molecule has 0 heterocycles. The van der Waals surface area contributed by atoms with E-state index in [0.717, 1.165) is 0 Å². The largest absolute Gasteiger partial charge is 2.00 e. The van der Waals surface area contributed by atoms with Crippen LogP contribution in [0.5, 0.6) is 0 Å². The Hall–Kier alpha value is 1.90. The first-order valence-corrected chi connectivity index (χ1v) is 4.34. The van der Waals surface area contributed by atoms with E-state index in [4.69, 9.17) is 14.3 Å². The number of rotatable bonds is 2. The van der Waals surface area contributed by atoms with Gasteiger partial charge in [0.25, 0.3) is 0 Å². The molecule has 0 aromatic carbocycles. The minimum absolute atomic E-state index is 0. The van der Waals surface area contributed by atoms with Crippen molar-refractivity contribution in [3.8, 4) is 0 Å². The van der Waals surface area contributed by atoms with Crippen molar-refractivity contribution in [2.75, 3.05) is 0 Å². The van der Waals surface area contributed by atoms with E-state index in [2.05, 4.69) is 3.97 Å². The van der Waals surface area contributed by atoms with Gasteiger partial charge in [0, 0.05) is 19.5 Å². The van der Waals surface area contributed by atoms with Crippen LogP contribution in [0.3, 0.4) is 0 Å². The average Bonchev–Trinajstić information content (AvgIpc) is 1.14. The van der Waals surface area contributed by atoms with Crippen molar-refractivity contribution < 1.29 is 53.6 Å². The smallest absolute Gasteiger partial charge is 1.00 e. The maximum Gasteiger partial charge on any atom is 2.00 e. The number of hydrogen-bond acceptors (Lipinski definition) is 4. The van der Waals surface area contributed by atoms with Crippen LogP contribution in [0.2, 0.25) is 0 Å². The van der Waals surface area contributed by atoms with Gasteiger partial charge in [-0.15, -0.1) is 3.97 Å². The normalized spacial score (nSPS) is 11.2. The summed E-state index contributed by atoms with van der Waals surface area (Å²) in [4.78, 5) is 15.4. The molecule has 3 N–H and O–H groups in total. The van der Waals surface area contributed by atoms with Gasteiger partial charge in [-0.05, 0) is 0 Å². The molecule has 0 amide bonds. The fourth-order valence-corrected chi connectivity index (χ4v) is 1.10. The minimum atomic E-state index is -5.13. The van der Waals surface area contributed by atoms with E-state index in [1.807, 2.05) is 0 Å². The van der Waals surface area contributed by atoms with E-state index in [-0.39, 0.29) is 60.1 Å². The third-order valence-corrected chi connectivity index (χ3v) is 1.72. The van der Waals surface area contributed by atoms with Crippen LogP contribution in [0.15, 0.2) is 0 Å². The predicted molar refractivity (Wildman–Crippen MR) is 32.7 cm³/mol. The first-order valence-electron chi connectivity index (χ1n) is 1.45. The fraction of sp³-hybridized carbons (Fsp3) is 0. The SMILES string of the molecule is O=P(O)(O)OS(=O)(=O)O.[Ca+2].[H-].[H-].[Zn]. The molecule has 11 heteroatoms. The second-order valence-corrected chi connectivity index (χ2v) is 3.43. The maximum absolute atomic E-state index is 9.58. The van der Waals surface area contributed by atoms with Crippen LogP contribution in [0.1, 0.15) is 2.85 Å². The van der Waals surface area contributed by atoms with Crippen molar-refractivity contribution in [3.63, 3.8) is 0 Å². The van der Waals surface area contributed by atoms with E-state index in [0.29, 0.717) is 0 Å².